The van der Waals surface area contributed by atoms with Crippen molar-refractivity contribution in [1.29, 1.82) is 0 Å². The van der Waals surface area contributed by atoms with Crippen molar-refractivity contribution >= 4 is 11.7 Å². The van der Waals surface area contributed by atoms with E-state index in [2.05, 4.69) is 10.6 Å². The van der Waals surface area contributed by atoms with Gasteiger partial charge in [0.2, 0.25) is 0 Å². The van der Waals surface area contributed by atoms with Crippen molar-refractivity contribution in [3.63, 3.8) is 0 Å². The van der Waals surface area contributed by atoms with Gasteiger partial charge in [0, 0.05) is 12.2 Å². The number of hydrogen-bond donors (Lipinski definition) is 2. The Bertz CT molecular complexity index is 361. The van der Waals surface area contributed by atoms with Crippen molar-refractivity contribution in [2.45, 2.75) is 25.4 Å². The summed E-state index contributed by atoms with van der Waals surface area (Å²) < 4.78 is 5.41. The highest BCUT2D eigenvalue weighted by atomic mass is 16.5. The number of piperidine rings is 1. The Morgan fingerprint density at radius 3 is 2.72 bits per heavy atom. The number of hydrogen-bond acceptors (Lipinski definition) is 4. The maximum atomic E-state index is 11.6. The van der Waals surface area contributed by atoms with Gasteiger partial charge in [-0.25, -0.2) is 0 Å². The third-order valence-electron chi connectivity index (χ3n) is 3.02. The summed E-state index contributed by atoms with van der Waals surface area (Å²) in [6.07, 6.45) is 2.38. The molecule has 2 N–H and O–H groups in total. The molecular formula is C14H20N2O2. The fourth-order valence-electron chi connectivity index (χ4n) is 2.02. The van der Waals surface area contributed by atoms with Crippen LogP contribution in [0.3, 0.4) is 0 Å². The van der Waals surface area contributed by atoms with Crippen LogP contribution in [-0.2, 0) is 9.53 Å². The van der Waals surface area contributed by atoms with Crippen LogP contribution in [-0.4, -0.2) is 31.7 Å². The molecule has 1 aromatic carbocycles. The number of benzene rings is 1. The molecule has 0 unspecified atom stereocenters. The van der Waals surface area contributed by atoms with E-state index in [-0.39, 0.29) is 12.1 Å². The predicted molar refractivity (Wildman–Crippen MR) is 71.5 cm³/mol. The van der Waals surface area contributed by atoms with E-state index in [9.17, 15) is 4.79 Å². The smallest absolute Gasteiger partial charge is 0.307 e. The molecule has 1 aliphatic heterocycles. The van der Waals surface area contributed by atoms with Crippen LogP contribution in [0.25, 0.3) is 0 Å². The van der Waals surface area contributed by atoms with Gasteiger partial charge in [-0.05, 0) is 38.1 Å². The summed E-state index contributed by atoms with van der Waals surface area (Å²) in [6, 6.07) is 9.87. The maximum Gasteiger partial charge on any atom is 0.307 e. The van der Waals surface area contributed by atoms with E-state index in [1.165, 1.54) is 0 Å². The van der Waals surface area contributed by atoms with Gasteiger partial charge in [0.25, 0.3) is 0 Å². The van der Waals surface area contributed by atoms with Crippen LogP contribution in [0.1, 0.15) is 19.3 Å². The van der Waals surface area contributed by atoms with Gasteiger partial charge in [0.15, 0.2) is 0 Å². The molecule has 4 heteroatoms. The first-order valence-corrected chi connectivity index (χ1v) is 6.54. The predicted octanol–water partition coefficient (Wildman–Crippen LogP) is 1.78. The zero-order valence-corrected chi connectivity index (χ0v) is 10.5. The number of anilines is 1. The number of carbonyl (C=O) groups is 1. The zero-order chi connectivity index (χ0) is 12.6. The lowest BCUT2D eigenvalue weighted by Gasteiger charge is -2.22. The SMILES string of the molecule is O=C(CCNc1ccccc1)OC1CCNCC1. The summed E-state index contributed by atoms with van der Waals surface area (Å²) in [5.41, 5.74) is 1.03. The Morgan fingerprint density at radius 2 is 2.00 bits per heavy atom. The second-order valence-electron chi connectivity index (χ2n) is 4.48. The van der Waals surface area contributed by atoms with Gasteiger partial charge in [0.1, 0.15) is 6.10 Å². The van der Waals surface area contributed by atoms with Gasteiger partial charge in [-0.1, -0.05) is 18.2 Å². The van der Waals surface area contributed by atoms with E-state index in [0.29, 0.717) is 13.0 Å². The van der Waals surface area contributed by atoms with Crippen LogP contribution < -0.4 is 10.6 Å². The third-order valence-corrected chi connectivity index (χ3v) is 3.02. The number of rotatable bonds is 5. The van der Waals surface area contributed by atoms with E-state index < -0.39 is 0 Å². The molecule has 2 rings (SSSR count). The highest BCUT2D eigenvalue weighted by Gasteiger charge is 2.16. The summed E-state index contributed by atoms with van der Waals surface area (Å²) in [5, 5.41) is 6.45. The van der Waals surface area contributed by atoms with E-state index in [0.717, 1.165) is 31.6 Å². The van der Waals surface area contributed by atoms with Crippen LogP contribution in [0.4, 0.5) is 5.69 Å². The Kier molecular flexibility index (Phi) is 5.02. The van der Waals surface area contributed by atoms with Gasteiger partial charge in [0.05, 0.1) is 6.42 Å². The summed E-state index contributed by atoms with van der Waals surface area (Å²) in [6.45, 7) is 2.51. The zero-order valence-electron chi connectivity index (χ0n) is 10.5. The monoisotopic (exact) mass is 248 g/mol. The number of ether oxygens (including phenoxy) is 1. The van der Waals surface area contributed by atoms with Crippen molar-refractivity contribution in [3.8, 4) is 0 Å². The highest BCUT2D eigenvalue weighted by molar-refractivity contribution is 5.70. The van der Waals surface area contributed by atoms with Gasteiger partial charge in [-0.15, -0.1) is 0 Å². The van der Waals surface area contributed by atoms with Gasteiger partial charge in [-0.3, -0.25) is 4.79 Å². The van der Waals surface area contributed by atoms with Crippen molar-refractivity contribution in [2.75, 3.05) is 25.0 Å². The van der Waals surface area contributed by atoms with Crippen molar-refractivity contribution in [2.24, 2.45) is 0 Å². The Labute approximate surface area is 108 Å². The van der Waals surface area contributed by atoms with Crippen LogP contribution in [0.5, 0.6) is 0 Å². The quantitative estimate of drug-likeness (QED) is 0.780. The summed E-state index contributed by atoms with van der Waals surface area (Å²) in [7, 11) is 0. The molecule has 1 saturated heterocycles. The minimum atomic E-state index is -0.106. The first-order valence-electron chi connectivity index (χ1n) is 6.54. The largest absolute Gasteiger partial charge is 0.462 e. The molecular weight excluding hydrogens is 228 g/mol. The van der Waals surface area contributed by atoms with Crippen LogP contribution in [0.15, 0.2) is 30.3 Å². The normalized spacial score (nSPS) is 16.2. The van der Waals surface area contributed by atoms with E-state index in [1.807, 2.05) is 30.3 Å². The van der Waals surface area contributed by atoms with Gasteiger partial charge < -0.3 is 15.4 Å². The molecule has 0 amide bonds. The lowest BCUT2D eigenvalue weighted by Crippen LogP contribution is -2.34. The minimum absolute atomic E-state index is 0.106. The van der Waals surface area contributed by atoms with Crippen LogP contribution in [0.2, 0.25) is 0 Å². The number of nitrogens with one attached hydrogen (secondary N) is 2. The maximum absolute atomic E-state index is 11.6. The number of esters is 1. The van der Waals surface area contributed by atoms with Crippen molar-refractivity contribution in [3.05, 3.63) is 30.3 Å². The molecule has 18 heavy (non-hydrogen) atoms. The lowest BCUT2D eigenvalue weighted by atomic mass is 10.1. The first kappa shape index (κ1) is 12.9. The lowest BCUT2D eigenvalue weighted by molar-refractivity contribution is -0.149. The van der Waals surface area contributed by atoms with Gasteiger partial charge >= 0.3 is 5.97 Å². The average Bonchev–Trinajstić information content (AvgIpc) is 2.41. The standard InChI is InChI=1S/C14H20N2O2/c17-14(18-13-6-9-15-10-7-13)8-11-16-12-4-2-1-3-5-12/h1-5,13,15-16H,6-11H2. The molecule has 1 fully saturated rings. The molecule has 1 heterocycles. The second kappa shape index (κ2) is 7.01. The second-order valence-corrected chi connectivity index (χ2v) is 4.48. The number of para-hydroxylation sites is 1. The fraction of sp³-hybridized carbons (Fsp3) is 0.500. The molecule has 0 radical (unpaired) electrons. The molecule has 0 atom stereocenters. The molecule has 0 saturated carbocycles. The Balaban J connectivity index is 1.62. The molecule has 4 nitrogen and oxygen atoms in total. The minimum Gasteiger partial charge on any atom is -0.462 e. The average molecular weight is 248 g/mol. The summed E-state index contributed by atoms with van der Waals surface area (Å²) in [5.74, 6) is -0.106. The summed E-state index contributed by atoms with van der Waals surface area (Å²) >= 11 is 0. The van der Waals surface area contributed by atoms with E-state index >= 15 is 0 Å². The molecule has 0 spiro atoms. The molecule has 1 aromatic rings. The first-order chi connectivity index (χ1) is 8.84. The Morgan fingerprint density at radius 1 is 1.28 bits per heavy atom. The van der Waals surface area contributed by atoms with Crippen LogP contribution in [0, 0.1) is 0 Å². The molecule has 0 aliphatic carbocycles. The summed E-state index contributed by atoms with van der Waals surface area (Å²) in [4.78, 5) is 11.6. The molecule has 0 bridgehead atoms. The van der Waals surface area contributed by atoms with E-state index in [4.69, 9.17) is 4.74 Å². The molecule has 1 aliphatic rings. The molecule has 0 aromatic heterocycles. The Hall–Kier alpha value is -1.55. The van der Waals surface area contributed by atoms with Crippen molar-refractivity contribution < 1.29 is 9.53 Å². The topological polar surface area (TPSA) is 50.4 Å². The van der Waals surface area contributed by atoms with Crippen molar-refractivity contribution in [1.82, 2.24) is 5.32 Å². The number of carbonyl (C=O) groups excluding carboxylic acids is 1. The highest BCUT2D eigenvalue weighted by Crippen LogP contribution is 2.09. The van der Waals surface area contributed by atoms with E-state index in [1.54, 1.807) is 0 Å². The molecule has 98 valence electrons. The fourth-order valence-corrected chi connectivity index (χ4v) is 2.02. The van der Waals surface area contributed by atoms with Gasteiger partial charge in [-0.2, -0.15) is 0 Å². The third kappa shape index (κ3) is 4.37. The van der Waals surface area contributed by atoms with Crippen LogP contribution >= 0.6 is 0 Å².